The van der Waals surface area contributed by atoms with Gasteiger partial charge in [0.1, 0.15) is 0 Å². The Labute approximate surface area is 138 Å². The number of ketones is 1. The van der Waals surface area contributed by atoms with Gasteiger partial charge in [-0.25, -0.2) is 9.78 Å². The summed E-state index contributed by atoms with van der Waals surface area (Å²) in [5.41, 5.74) is 0.106. The van der Waals surface area contributed by atoms with E-state index in [0.29, 0.717) is 5.56 Å². The minimum Gasteiger partial charge on any atom is -0.317 e. The molecule has 0 aliphatic heterocycles. The second-order valence-corrected chi connectivity index (χ2v) is 6.10. The molecule has 0 aliphatic rings. The average Bonchev–Trinajstić information content (AvgIpc) is 2.94. The highest BCUT2D eigenvalue weighted by molar-refractivity contribution is 9.10. The van der Waals surface area contributed by atoms with E-state index in [1.54, 1.807) is 18.2 Å². The summed E-state index contributed by atoms with van der Waals surface area (Å²) in [6.45, 7) is -0.0274. The molecule has 0 spiro atoms. The molecule has 2 heterocycles. The molecule has 0 bridgehead atoms. The molecule has 3 rings (SSSR count). The largest absolute Gasteiger partial charge is 0.332 e. The summed E-state index contributed by atoms with van der Waals surface area (Å²) in [6, 6.07) is 7.02. The van der Waals surface area contributed by atoms with Gasteiger partial charge in [0, 0.05) is 24.1 Å². The quantitative estimate of drug-likeness (QED) is 0.640. The van der Waals surface area contributed by atoms with Gasteiger partial charge in [-0.1, -0.05) is 28.1 Å². The molecule has 0 saturated carbocycles. The summed E-state index contributed by atoms with van der Waals surface area (Å²) in [5, 5.41) is 0. The molecule has 1 aromatic carbocycles. The van der Waals surface area contributed by atoms with Crippen molar-refractivity contribution in [3.05, 3.63) is 61.5 Å². The molecular weight excluding hydrogens is 364 g/mol. The Hall–Kier alpha value is -2.48. The molecule has 0 unspecified atom stereocenters. The predicted molar refractivity (Wildman–Crippen MR) is 88.7 cm³/mol. The van der Waals surface area contributed by atoms with Crippen LogP contribution in [0.25, 0.3) is 11.2 Å². The zero-order valence-electron chi connectivity index (χ0n) is 12.5. The molecule has 8 heteroatoms. The van der Waals surface area contributed by atoms with Gasteiger partial charge in [-0.05, 0) is 12.1 Å². The molecule has 0 amide bonds. The molecule has 0 fully saturated rings. The van der Waals surface area contributed by atoms with E-state index >= 15 is 0 Å². The number of carbonyl (C=O) groups is 1. The first-order valence-electron chi connectivity index (χ1n) is 6.79. The SMILES string of the molecule is Cn1c(=O)c2c(ncn2CC(=O)c2cccc(Br)c2)n(C)c1=O. The molecule has 7 nitrogen and oxygen atoms in total. The lowest BCUT2D eigenvalue weighted by Crippen LogP contribution is -2.37. The number of hydrogen-bond donors (Lipinski definition) is 0. The van der Waals surface area contributed by atoms with Gasteiger partial charge in [0.25, 0.3) is 5.56 Å². The van der Waals surface area contributed by atoms with E-state index in [-0.39, 0.29) is 23.5 Å². The number of Topliss-reactive ketones (excluding diaryl/α,β-unsaturated/α-hetero) is 1. The van der Waals surface area contributed by atoms with E-state index in [2.05, 4.69) is 20.9 Å². The second-order valence-electron chi connectivity index (χ2n) is 5.18. The number of imidazole rings is 1. The Morgan fingerprint density at radius 1 is 1.22 bits per heavy atom. The number of aryl methyl sites for hydroxylation is 1. The van der Waals surface area contributed by atoms with Crippen LogP contribution >= 0.6 is 15.9 Å². The van der Waals surface area contributed by atoms with Crippen LogP contribution in [0.4, 0.5) is 0 Å². The van der Waals surface area contributed by atoms with Gasteiger partial charge < -0.3 is 4.57 Å². The fraction of sp³-hybridized carbons (Fsp3) is 0.200. The normalized spacial score (nSPS) is 11.1. The van der Waals surface area contributed by atoms with Gasteiger partial charge in [0.05, 0.1) is 12.9 Å². The lowest BCUT2D eigenvalue weighted by molar-refractivity contribution is 0.0973. The van der Waals surface area contributed by atoms with Crippen LogP contribution < -0.4 is 11.2 Å². The maximum absolute atomic E-state index is 12.4. The first-order valence-corrected chi connectivity index (χ1v) is 7.59. The van der Waals surface area contributed by atoms with Crippen molar-refractivity contribution in [1.82, 2.24) is 18.7 Å². The highest BCUT2D eigenvalue weighted by Gasteiger charge is 2.16. The van der Waals surface area contributed by atoms with Gasteiger partial charge in [-0.15, -0.1) is 0 Å². The van der Waals surface area contributed by atoms with Crippen LogP contribution in [0, 0.1) is 0 Å². The van der Waals surface area contributed by atoms with Crippen LogP contribution in [-0.2, 0) is 20.6 Å². The van der Waals surface area contributed by atoms with Gasteiger partial charge in [0.15, 0.2) is 16.9 Å². The number of aromatic nitrogens is 4. The van der Waals surface area contributed by atoms with Gasteiger partial charge >= 0.3 is 5.69 Å². The second kappa shape index (κ2) is 5.62. The highest BCUT2D eigenvalue weighted by Crippen LogP contribution is 2.14. The zero-order valence-corrected chi connectivity index (χ0v) is 14.1. The van der Waals surface area contributed by atoms with Crippen LogP contribution in [0.1, 0.15) is 10.4 Å². The van der Waals surface area contributed by atoms with Crippen molar-refractivity contribution in [1.29, 1.82) is 0 Å². The number of nitrogens with zero attached hydrogens (tertiary/aromatic N) is 4. The Balaban J connectivity index is 2.10. The fourth-order valence-electron chi connectivity index (χ4n) is 2.42. The Kier molecular flexibility index (Phi) is 3.77. The van der Waals surface area contributed by atoms with Crippen LogP contribution in [-0.4, -0.2) is 24.5 Å². The van der Waals surface area contributed by atoms with E-state index in [4.69, 9.17) is 0 Å². The first-order chi connectivity index (χ1) is 10.9. The van der Waals surface area contributed by atoms with Crippen molar-refractivity contribution in [3.63, 3.8) is 0 Å². The van der Waals surface area contributed by atoms with Crippen molar-refractivity contribution in [2.75, 3.05) is 0 Å². The number of carbonyl (C=O) groups excluding carboxylic acids is 1. The van der Waals surface area contributed by atoms with E-state index in [9.17, 15) is 14.4 Å². The number of hydrogen-bond acceptors (Lipinski definition) is 4. The van der Waals surface area contributed by atoms with Crippen molar-refractivity contribution in [2.24, 2.45) is 14.1 Å². The monoisotopic (exact) mass is 376 g/mol. The van der Waals surface area contributed by atoms with E-state index in [1.165, 1.54) is 29.6 Å². The van der Waals surface area contributed by atoms with E-state index in [0.717, 1.165) is 9.04 Å². The molecule has 0 atom stereocenters. The third kappa shape index (κ3) is 2.55. The number of rotatable bonds is 3. The minimum absolute atomic E-state index is 0.0274. The average molecular weight is 377 g/mol. The Bertz CT molecular complexity index is 1050. The Morgan fingerprint density at radius 2 is 1.96 bits per heavy atom. The van der Waals surface area contributed by atoms with E-state index in [1.807, 2.05) is 6.07 Å². The maximum Gasteiger partial charge on any atom is 0.332 e. The minimum atomic E-state index is -0.470. The molecule has 3 aromatic rings. The van der Waals surface area contributed by atoms with Gasteiger partial charge in [-0.2, -0.15) is 0 Å². The number of halogens is 1. The maximum atomic E-state index is 12.4. The third-order valence-corrected chi connectivity index (χ3v) is 4.17. The highest BCUT2D eigenvalue weighted by atomic mass is 79.9. The molecule has 118 valence electrons. The predicted octanol–water partition coefficient (Wildman–Crippen LogP) is 1.08. The van der Waals surface area contributed by atoms with E-state index < -0.39 is 11.2 Å². The zero-order chi connectivity index (χ0) is 16.7. The molecule has 2 aromatic heterocycles. The molecule has 23 heavy (non-hydrogen) atoms. The molecule has 0 saturated heterocycles. The summed E-state index contributed by atoms with van der Waals surface area (Å²) in [6.07, 6.45) is 1.40. The molecule has 0 radical (unpaired) electrons. The topological polar surface area (TPSA) is 78.9 Å². The molecule has 0 N–H and O–H groups in total. The van der Waals surface area contributed by atoms with Crippen molar-refractivity contribution in [2.45, 2.75) is 6.54 Å². The van der Waals surface area contributed by atoms with Gasteiger partial charge in [0.2, 0.25) is 0 Å². The van der Waals surface area contributed by atoms with Crippen LogP contribution in [0.2, 0.25) is 0 Å². The standard InChI is InChI=1S/C15H13BrN4O3/c1-18-13-12(14(22)19(2)15(18)23)20(8-17-13)7-11(21)9-4-3-5-10(16)6-9/h3-6,8H,7H2,1-2H3. The summed E-state index contributed by atoms with van der Waals surface area (Å²) in [7, 11) is 2.94. The lowest BCUT2D eigenvalue weighted by atomic mass is 10.1. The first kappa shape index (κ1) is 15.4. The summed E-state index contributed by atoms with van der Waals surface area (Å²) in [5.74, 6) is -0.151. The summed E-state index contributed by atoms with van der Waals surface area (Å²) < 4.78 is 4.57. The smallest absolute Gasteiger partial charge is 0.317 e. The van der Waals surface area contributed by atoms with Crippen LogP contribution in [0.5, 0.6) is 0 Å². The van der Waals surface area contributed by atoms with Crippen molar-refractivity contribution >= 4 is 32.9 Å². The lowest BCUT2D eigenvalue weighted by Gasteiger charge is -2.06. The Morgan fingerprint density at radius 3 is 2.65 bits per heavy atom. The molecular formula is C15H13BrN4O3. The van der Waals surface area contributed by atoms with Crippen molar-refractivity contribution in [3.8, 4) is 0 Å². The van der Waals surface area contributed by atoms with Crippen LogP contribution in [0.3, 0.4) is 0 Å². The molecule has 0 aliphatic carbocycles. The number of fused-ring (bicyclic) bond motifs is 1. The summed E-state index contributed by atoms with van der Waals surface area (Å²) >= 11 is 3.32. The van der Waals surface area contributed by atoms with Crippen LogP contribution in [0.15, 0.2) is 44.7 Å². The summed E-state index contributed by atoms with van der Waals surface area (Å²) in [4.78, 5) is 40.7. The van der Waals surface area contributed by atoms with Gasteiger partial charge in [-0.3, -0.25) is 18.7 Å². The third-order valence-electron chi connectivity index (χ3n) is 3.68. The van der Waals surface area contributed by atoms with Crippen molar-refractivity contribution < 1.29 is 4.79 Å². The fourth-order valence-corrected chi connectivity index (χ4v) is 2.82. The number of benzene rings is 1.